The molecule has 0 saturated heterocycles. The van der Waals surface area contributed by atoms with E-state index in [4.69, 9.17) is 4.74 Å². The van der Waals surface area contributed by atoms with Crippen LogP contribution in [0.2, 0.25) is 0 Å². The van der Waals surface area contributed by atoms with Gasteiger partial charge in [0.05, 0.1) is 10.9 Å². The van der Waals surface area contributed by atoms with Crippen LogP contribution in [-0.4, -0.2) is 0 Å². The first-order chi connectivity index (χ1) is 13.5. The molecule has 5 rings (SSSR count). The van der Waals surface area contributed by atoms with Gasteiger partial charge in [0.1, 0.15) is 18.5 Å². The lowest BCUT2D eigenvalue weighted by Gasteiger charge is -2.24. The number of aromatic nitrogens is 1. The first-order valence-electron chi connectivity index (χ1n) is 10.1. The van der Waals surface area contributed by atoms with E-state index in [1.165, 1.54) is 49.5 Å². The van der Waals surface area contributed by atoms with Crippen molar-refractivity contribution in [3.8, 4) is 22.8 Å². The third-order valence-electron chi connectivity index (χ3n) is 6.03. The molecular weight excluding hydrogens is 342 g/mol. The average molecular weight is 369 g/mol. The van der Waals surface area contributed by atoms with Crippen molar-refractivity contribution in [2.75, 3.05) is 0 Å². The molecule has 0 aliphatic carbocycles. The van der Waals surface area contributed by atoms with E-state index >= 15 is 0 Å². The van der Waals surface area contributed by atoms with E-state index in [0.29, 0.717) is 5.92 Å². The van der Waals surface area contributed by atoms with Crippen molar-refractivity contribution in [2.24, 2.45) is 13.0 Å². The first kappa shape index (κ1) is 17.2. The van der Waals surface area contributed by atoms with Crippen LogP contribution in [0, 0.1) is 19.8 Å². The quantitative estimate of drug-likeness (QED) is 0.328. The van der Waals surface area contributed by atoms with Crippen molar-refractivity contribution < 1.29 is 9.30 Å². The minimum absolute atomic E-state index is 0.618. The monoisotopic (exact) mass is 368 g/mol. The Balaban J connectivity index is 1.91. The second-order valence-electron chi connectivity index (χ2n) is 8.53. The fraction of sp³-hybridized carbons (Fsp3) is 0.269. The number of rotatable bonds is 2. The first-order valence-corrected chi connectivity index (χ1v) is 10.1. The molecule has 2 heterocycles. The standard InChI is InChI=1S/C26H26NO/c1-15(2)12-18-13-19-10-11-27(5)25-23-16(3)20-8-6-7-9-21(20)17(4)26(23)28-22(14-18)24(19)25/h6-11,13-15H,12H2,1-5H3/q+1. The summed E-state index contributed by atoms with van der Waals surface area (Å²) in [5, 5.41) is 5.06. The molecule has 4 aromatic rings. The van der Waals surface area contributed by atoms with Gasteiger partial charge in [-0.05, 0) is 59.5 Å². The lowest BCUT2D eigenvalue weighted by molar-refractivity contribution is -0.659. The van der Waals surface area contributed by atoms with Gasteiger partial charge < -0.3 is 4.74 Å². The Morgan fingerprint density at radius 2 is 1.68 bits per heavy atom. The van der Waals surface area contributed by atoms with Gasteiger partial charge in [-0.25, -0.2) is 4.57 Å². The number of nitrogens with zero attached hydrogens (tertiary/aromatic N) is 1. The van der Waals surface area contributed by atoms with Crippen molar-refractivity contribution in [3.63, 3.8) is 0 Å². The third-order valence-corrected chi connectivity index (χ3v) is 6.03. The highest BCUT2D eigenvalue weighted by molar-refractivity contribution is 6.06. The number of fused-ring (bicyclic) bond motifs is 3. The summed E-state index contributed by atoms with van der Waals surface area (Å²) in [6, 6.07) is 15.4. The maximum atomic E-state index is 6.63. The molecule has 1 aliphatic heterocycles. The van der Waals surface area contributed by atoms with Crippen LogP contribution in [0.25, 0.3) is 32.8 Å². The maximum Gasteiger partial charge on any atom is 0.228 e. The molecule has 0 atom stereocenters. The molecule has 0 fully saturated rings. The zero-order valence-corrected chi connectivity index (χ0v) is 17.3. The number of hydrogen-bond acceptors (Lipinski definition) is 1. The Labute approximate surface area is 166 Å². The lowest BCUT2D eigenvalue weighted by Crippen LogP contribution is -2.32. The minimum Gasteiger partial charge on any atom is -0.455 e. The molecule has 1 aliphatic rings. The highest BCUT2D eigenvalue weighted by Gasteiger charge is 2.31. The molecule has 1 aromatic heterocycles. The summed E-state index contributed by atoms with van der Waals surface area (Å²) in [5.74, 6) is 2.62. The molecule has 2 nitrogen and oxygen atoms in total. The zero-order chi connectivity index (χ0) is 19.6. The zero-order valence-electron chi connectivity index (χ0n) is 17.3. The summed E-state index contributed by atoms with van der Waals surface area (Å²) in [7, 11) is 2.14. The molecule has 0 spiro atoms. The molecule has 2 heteroatoms. The third kappa shape index (κ3) is 2.37. The lowest BCUT2D eigenvalue weighted by atomic mass is 9.88. The number of hydrogen-bond donors (Lipinski definition) is 0. The van der Waals surface area contributed by atoms with Crippen LogP contribution in [0.15, 0.2) is 48.7 Å². The summed E-state index contributed by atoms with van der Waals surface area (Å²) >= 11 is 0. The number of ether oxygens (including phenoxy) is 1. The highest BCUT2D eigenvalue weighted by Crippen LogP contribution is 2.50. The van der Waals surface area contributed by atoms with Crippen LogP contribution in [-0.2, 0) is 13.5 Å². The van der Waals surface area contributed by atoms with Crippen LogP contribution in [0.4, 0.5) is 0 Å². The van der Waals surface area contributed by atoms with Crippen LogP contribution in [0.3, 0.4) is 0 Å². The van der Waals surface area contributed by atoms with Gasteiger partial charge in [0.15, 0.2) is 6.20 Å². The van der Waals surface area contributed by atoms with Gasteiger partial charge >= 0.3 is 0 Å². The number of pyridine rings is 1. The van der Waals surface area contributed by atoms with Crippen molar-refractivity contribution in [3.05, 3.63) is 65.4 Å². The van der Waals surface area contributed by atoms with Crippen molar-refractivity contribution in [2.45, 2.75) is 34.1 Å². The summed E-state index contributed by atoms with van der Waals surface area (Å²) < 4.78 is 8.88. The Morgan fingerprint density at radius 3 is 2.39 bits per heavy atom. The van der Waals surface area contributed by atoms with Gasteiger partial charge in [-0.2, -0.15) is 0 Å². The summed E-state index contributed by atoms with van der Waals surface area (Å²) in [6.45, 7) is 8.94. The SMILES string of the molecule is Cc1c2c(c(C)c3ccccc13)-c1c3c(cc(CC(C)C)cc3cc[n+]1C)O2. The number of aryl methyl sites for hydroxylation is 3. The average Bonchev–Trinajstić information content (AvgIpc) is 2.67. The molecule has 0 amide bonds. The predicted octanol–water partition coefficient (Wildman–Crippen LogP) is 6.41. The Kier molecular flexibility index (Phi) is 3.74. The van der Waals surface area contributed by atoms with Crippen LogP contribution in [0.5, 0.6) is 11.5 Å². The maximum absolute atomic E-state index is 6.63. The Hall–Kier alpha value is -2.87. The van der Waals surface area contributed by atoms with Gasteiger partial charge in [-0.1, -0.05) is 44.2 Å². The smallest absolute Gasteiger partial charge is 0.228 e. The normalized spacial score (nSPS) is 12.5. The van der Waals surface area contributed by atoms with Crippen molar-refractivity contribution >= 4 is 21.5 Å². The molecule has 0 saturated carbocycles. The molecule has 140 valence electrons. The van der Waals surface area contributed by atoms with Gasteiger partial charge in [-0.15, -0.1) is 0 Å². The summed E-state index contributed by atoms with van der Waals surface area (Å²) in [4.78, 5) is 0. The van der Waals surface area contributed by atoms with Crippen LogP contribution < -0.4 is 9.30 Å². The van der Waals surface area contributed by atoms with Crippen molar-refractivity contribution in [1.29, 1.82) is 0 Å². The fourth-order valence-corrected chi connectivity index (χ4v) is 4.77. The van der Waals surface area contributed by atoms with Crippen LogP contribution >= 0.6 is 0 Å². The molecule has 0 bridgehead atoms. The Morgan fingerprint density at radius 1 is 0.964 bits per heavy atom. The largest absolute Gasteiger partial charge is 0.455 e. The fourth-order valence-electron chi connectivity index (χ4n) is 4.77. The Bertz CT molecular complexity index is 1270. The minimum atomic E-state index is 0.618. The van der Waals surface area contributed by atoms with Gasteiger partial charge in [0, 0.05) is 11.6 Å². The van der Waals surface area contributed by atoms with Crippen molar-refractivity contribution in [1.82, 2.24) is 0 Å². The molecule has 0 N–H and O–H groups in total. The summed E-state index contributed by atoms with van der Waals surface area (Å²) in [6.07, 6.45) is 3.24. The highest BCUT2D eigenvalue weighted by atomic mass is 16.5. The van der Waals surface area contributed by atoms with Crippen LogP contribution in [0.1, 0.15) is 30.5 Å². The number of benzene rings is 3. The topological polar surface area (TPSA) is 13.1 Å². The van der Waals surface area contributed by atoms with Gasteiger partial charge in [0.2, 0.25) is 5.69 Å². The van der Waals surface area contributed by atoms with Gasteiger partial charge in [-0.3, -0.25) is 0 Å². The molecule has 0 radical (unpaired) electrons. The van der Waals surface area contributed by atoms with Gasteiger partial charge in [0.25, 0.3) is 0 Å². The molecule has 28 heavy (non-hydrogen) atoms. The molecule has 3 aromatic carbocycles. The van der Waals surface area contributed by atoms with E-state index in [0.717, 1.165) is 17.9 Å². The van der Waals surface area contributed by atoms with E-state index in [1.807, 2.05) is 0 Å². The predicted molar refractivity (Wildman–Crippen MR) is 116 cm³/mol. The van der Waals surface area contributed by atoms with E-state index in [1.54, 1.807) is 0 Å². The van der Waals surface area contributed by atoms with E-state index < -0.39 is 0 Å². The molecular formula is C26H26NO+. The second-order valence-corrected chi connectivity index (χ2v) is 8.53. The summed E-state index contributed by atoms with van der Waals surface area (Å²) in [5.41, 5.74) is 6.34. The second kappa shape index (κ2) is 6.07. The molecule has 0 unspecified atom stereocenters. The van der Waals surface area contributed by atoms with E-state index in [-0.39, 0.29) is 0 Å². The van der Waals surface area contributed by atoms with E-state index in [2.05, 4.69) is 88.0 Å². The van der Waals surface area contributed by atoms with E-state index in [9.17, 15) is 0 Å².